The molecule has 0 radical (unpaired) electrons. The Morgan fingerprint density at radius 2 is 1.67 bits per heavy atom. The molecule has 0 aromatic heterocycles. The van der Waals surface area contributed by atoms with Crippen LogP contribution in [0.15, 0.2) is 12.2 Å². The smallest absolute Gasteiger partial charge is 0.306 e. The van der Waals surface area contributed by atoms with Crippen molar-refractivity contribution in [3.8, 4) is 0 Å². The third-order valence-electron chi connectivity index (χ3n) is 3.40. The van der Waals surface area contributed by atoms with Gasteiger partial charge in [-0.1, -0.05) is 31.9 Å². The maximum atomic E-state index is 11.0. The zero-order valence-corrected chi connectivity index (χ0v) is 14.3. The average Bonchev–Trinajstić information content (AvgIpc) is 2.29. The molecule has 21 heavy (non-hydrogen) atoms. The van der Waals surface area contributed by atoms with Gasteiger partial charge >= 0.3 is 5.97 Å². The van der Waals surface area contributed by atoms with Gasteiger partial charge in [0.2, 0.25) is 0 Å². The molecule has 0 fully saturated rings. The SMILES string of the molecule is CCCCC/C=C\CCCC(O)(CC(=O)O)C[N+](C)(C)C. The average molecular weight is 300 g/mol. The predicted octanol–water partition coefficient (Wildman–Crippen LogP) is 3.21. The molecule has 2 N–H and O–H groups in total. The van der Waals surface area contributed by atoms with Crippen LogP contribution in [0.2, 0.25) is 0 Å². The largest absolute Gasteiger partial charge is 0.481 e. The van der Waals surface area contributed by atoms with Crippen LogP contribution in [0.3, 0.4) is 0 Å². The van der Waals surface area contributed by atoms with Gasteiger partial charge in [0, 0.05) is 0 Å². The third-order valence-corrected chi connectivity index (χ3v) is 3.40. The van der Waals surface area contributed by atoms with Crippen molar-refractivity contribution >= 4 is 5.97 Å². The van der Waals surface area contributed by atoms with Crippen LogP contribution in [0.5, 0.6) is 0 Å². The molecule has 0 amide bonds. The van der Waals surface area contributed by atoms with E-state index >= 15 is 0 Å². The lowest BCUT2D eigenvalue weighted by molar-refractivity contribution is -0.877. The van der Waals surface area contributed by atoms with Crippen molar-refractivity contribution in [3.05, 3.63) is 12.2 Å². The van der Waals surface area contributed by atoms with E-state index in [2.05, 4.69) is 19.1 Å². The lowest BCUT2D eigenvalue weighted by atomic mass is 9.91. The summed E-state index contributed by atoms with van der Waals surface area (Å²) < 4.78 is 0.566. The molecule has 1 unspecified atom stereocenters. The zero-order chi connectivity index (χ0) is 16.4. The number of quaternary nitrogens is 1. The molecule has 0 bridgehead atoms. The molecule has 0 rings (SSSR count). The molecule has 0 aliphatic carbocycles. The van der Waals surface area contributed by atoms with E-state index < -0.39 is 11.6 Å². The summed E-state index contributed by atoms with van der Waals surface area (Å²) >= 11 is 0. The molecular formula is C17H34NO3+. The first kappa shape index (κ1) is 20.1. The van der Waals surface area contributed by atoms with Gasteiger partial charge in [-0.15, -0.1) is 0 Å². The molecule has 0 spiro atoms. The summed E-state index contributed by atoms with van der Waals surface area (Å²) in [6.07, 6.45) is 11.3. The number of unbranched alkanes of at least 4 members (excludes halogenated alkanes) is 4. The summed E-state index contributed by atoms with van der Waals surface area (Å²) in [5.41, 5.74) is -1.11. The molecule has 1 atom stereocenters. The number of likely N-dealkylation sites (N-methyl/N-ethyl adjacent to an activating group) is 1. The quantitative estimate of drug-likeness (QED) is 0.330. The van der Waals surface area contributed by atoms with Crippen LogP contribution in [0.25, 0.3) is 0 Å². The summed E-state index contributed by atoms with van der Waals surface area (Å²) in [7, 11) is 5.92. The zero-order valence-electron chi connectivity index (χ0n) is 14.3. The van der Waals surface area contributed by atoms with Gasteiger partial charge in [-0.3, -0.25) is 4.79 Å². The van der Waals surface area contributed by atoms with E-state index in [0.29, 0.717) is 17.4 Å². The molecule has 4 nitrogen and oxygen atoms in total. The molecular weight excluding hydrogens is 266 g/mol. The second kappa shape index (κ2) is 9.96. The standard InChI is InChI=1S/C17H33NO3/c1-5-6-7-8-9-10-11-12-13-17(21,14-16(19)20)15-18(2,3)4/h9-10,21H,5-8,11-15H2,1-4H3/p+1/b10-9-. The summed E-state index contributed by atoms with van der Waals surface area (Å²) in [6.45, 7) is 2.65. The Hall–Kier alpha value is -0.870. The summed E-state index contributed by atoms with van der Waals surface area (Å²) in [6, 6.07) is 0. The van der Waals surface area contributed by atoms with Gasteiger partial charge in [0.05, 0.1) is 27.6 Å². The Balaban J connectivity index is 4.16. The van der Waals surface area contributed by atoms with Gasteiger partial charge in [-0.05, 0) is 32.1 Å². The number of aliphatic hydroxyl groups is 1. The lowest BCUT2D eigenvalue weighted by Crippen LogP contribution is -2.50. The van der Waals surface area contributed by atoms with Crippen molar-refractivity contribution in [2.75, 3.05) is 27.7 Å². The minimum atomic E-state index is -1.11. The molecule has 124 valence electrons. The first-order chi connectivity index (χ1) is 9.68. The van der Waals surface area contributed by atoms with E-state index in [4.69, 9.17) is 5.11 Å². The first-order valence-electron chi connectivity index (χ1n) is 8.08. The van der Waals surface area contributed by atoms with Crippen LogP contribution < -0.4 is 0 Å². The van der Waals surface area contributed by atoms with Crippen molar-refractivity contribution in [1.29, 1.82) is 0 Å². The van der Waals surface area contributed by atoms with E-state index in [1.165, 1.54) is 19.3 Å². The molecule has 4 heteroatoms. The topological polar surface area (TPSA) is 57.5 Å². The van der Waals surface area contributed by atoms with Crippen LogP contribution >= 0.6 is 0 Å². The lowest BCUT2D eigenvalue weighted by Gasteiger charge is -2.34. The Bertz CT molecular complexity index is 320. The highest BCUT2D eigenvalue weighted by Gasteiger charge is 2.35. The van der Waals surface area contributed by atoms with Crippen molar-refractivity contribution in [1.82, 2.24) is 0 Å². The summed E-state index contributed by atoms with van der Waals surface area (Å²) in [5.74, 6) is -0.930. The molecule has 0 saturated carbocycles. The van der Waals surface area contributed by atoms with Crippen LogP contribution in [-0.2, 0) is 4.79 Å². The highest BCUT2D eigenvalue weighted by Crippen LogP contribution is 2.22. The maximum absolute atomic E-state index is 11.0. The summed E-state index contributed by atoms with van der Waals surface area (Å²) in [5, 5.41) is 19.6. The highest BCUT2D eigenvalue weighted by atomic mass is 16.4. The fourth-order valence-corrected chi connectivity index (χ4v) is 2.68. The normalized spacial score (nSPS) is 15.3. The Morgan fingerprint density at radius 3 is 2.14 bits per heavy atom. The number of nitrogens with zero attached hydrogens (tertiary/aromatic N) is 1. The van der Waals surface area contributed by atoms with Gasteiger partial charge < -0.3 is 14.7 Å². The van der Waals surface area contributed by atoms with Gasteiger partial charge in [-0.25, -0.2) is 0 Å². The second-order valence-corrected chi connectivity index (χ2v) is 7.10. The Labute approximate surface area is 130 Å². The second-order valence-electron chi connectivity index (χ2n) is 7.10. The highest BCUT2D eigenvalue weighted by molar-refractivity contribution is 5.68. The number of carbonyl (C=O) groups is 1. The number of allylic oxidation sites excluding steroid dienone is 2. The first-order valence-corrected chi connectivity index (χ1v) is 8.08. The predicted molar refractivity (Wildman–Crippen MR) is 87.2 cm³/mol. The van der Waals surface area contributed by atoms with E-state index in [9.17, 15) is 9.90 Å². The third kappa shape index (κ3) is 12.6. The van der Waals surface area contributed by atoms with Crippen LogP contribution in [-0.4, -0.2) is 54.0 Å². The van der Waals surface area contributed by atoms with Gasteiger partial charge in [0.25, 0.3) is 0 Å². The van der Waals surface area contributed by atoms with E-state index in [1.807, 2.05) is 21.1 Å². The van der Waals surface area contributed by atoms with E-state index in [0.717, 1.165) is 19.3 Å². The molecule has 0 saturated heterocycles. The molecule has 0 aromatic carbocycles. The van der Waals surface area contributed by atoms with Crippen molar-refractivity contribution in [2.24, 2.45) is 0 Å². The van der Waals surface area contributed by atoms with Gasteiger partial charge in [0.15, 0.2) is 0 Å². The number of carboxylic acid groups (broad SMARTS) is 1. The number of hydrogen-bond donors (Lipinski definition) is 2. The Morgan fingerprint density at radius 1 is 1.10 bits per heavy atom. The van der Waals surface area contributed by atoms with Gasteiger partial charge in [0.1, 0.15) is 12.1 Å². The van der Waals surface area contributed by atoms with E-state index in [1.54, 1.807) is 0 Å². The Kier molecular flexibility index (Phi) is 9.54. The minimum Gasteiger partial charge on any atom is -0.481 e. The molecule has 0 aromatic rings. The number of carboxylic acids is 1. The number of aliphatic carboxylic acids is 1. The minimum absolute atomic E-state index is 0.178. The van der Waals surface area contributed by atoms with Crippen molar-refractivity contribution < 1.29 is 19.5 Å². The molecule has 0 heterocycles. The number of rotatable bonds is 12. The summed E-state index contributed by atoms with van der Waals surface area (Å²) in [4.78, 5) is 11.0. The van der Waals surface area contributed by atoms with E-state index in [-0.39, 0.29) is 6.42 Å². The fourth-order valence-electron chi connectivity index (χ4n) is 2.68. The fraction of sp³-hybridized carbons (Fsp3) is 0.824. The van der Waals surface area contributed by atoms with Crippen molar-refractivity contribution in [3.63, 3.8) is 0 Å². The van der Waals surface area contributed by atoms with Gasteiger partial charge in [-0.2, -0.15) is 0 Å². The van der Waals surface area contributed by atoms with Crippen LogP contribution in [0.1, 0.15) is 58.3 Å². The number of hydrogen-bond acceptors (Lipinski definition) is 2. The molecule has 0 aliphatic heterocycles. The monoisotopic (exact) mass is 300 g/mol. The maximum Gasteiger partial charge on any atom is 0.306 e. The van der Waals surface area contributed by atoms with Crippen molar-refractivity contribution in [2.45, 2.75) is 63.9 Å². The molecule has 0 aliphatic rings. The van der Waals surface area contributed by atoms with Crippen LogP contribution in [0, 0.1) is 0 Å². The van der Waals surface area contributed by atoms with Crippen LogP contribution in [0.4, 0.5) is 0 Å².